The summed E-state index contributed by atoms with van der Waals surface area (Å²) < 4.78 is 9.63. The number of nitrogens with two attached hydrogens (primary N) is 1. The number of nitrogens with one attached hydrogen (secondary N) is 1. The van der Waals surface area contributed by atoms with E-state index in [0.717, 1.165) is 6.26 Å². The van der Waals surface area contributed by atoms with Crippen molar-refractivity contribution in [1.82, 2.24) is 0 Å². The van der Waals surface area contributed by atoms with Crippen LogP contribution in [-0.4, -0.2) is 13.0 Å². The Morgan fingerprint density at radius 1 is 1.32 bits per heavy atom. The molecule has 0 bridgehead atoms. The molecule has 2 rings (SSSR count). The van der Waals surface area contributed by atoms with Crippen molar-refractivity contribution in [3.8, 4) is 5.75 Å². The first kappa shape index (κ1) is 12.7. The molecule has 0 unspecified atom stereocenters. The van der Waals surface area contributed by atoms with Crippen LogP contribution in [0.3, 0.4) is 0 Å². The summed E-state index contributed by atoms with van der Waals surface area (Å²) in [6, 6.07) is 7.45. The minimum Gasteiger partial charge on any atom is -0.495 e. The predicted octanol–water partition coefficient (Wildman–Crippen LogP) is 1.48. The number of anilines is 2. The van der Waals surface area contributed by atoms with Crippen molar-refractivity contribution in [3.63, 3.8) is 0 Å². The number of nitrogen functional groups attached to an aromatic ring is 1. The monoisotopic (exact) mass is 260 g/mol. The van der Waals surface area contributed by atoms with Gasteiger partial charge in [0.25, 0.3) is 5.91 Å². The molecule has 0 aliphatic rings. The van der Waals surface area contributed by atoms with E-state index in [1.54, 1.807) is 18.2 Å². The molecule has 6 heteroatoms. The summed E-state index contributed by atoms with van der Waals surface area (Å²) in [4.78, 5) is 22.6. The molecule has 3 N–H and O–H groups in total. The molecule has 6 nitrogen and oxygen atoms in total. The molecule has 0 radical (unpaired) electrons. The van der Waals surface area contributed by atoms with Crippen LogP contribution < -0.4 is 21.4 Å². The van der Waals surface area contributed by atoms with E-state index in [1.165, 1.54) is 19.2 Å². The molecular formula is C13H12N2O4. The number of hydrogen-bond acceptors (Lipinski definition) is 5. The molecule has 1 aromatic carbocycles. The second kappa shape index (κ2) is 5.26. The average molecular weight is 260 g/mol. The molecule has 0 atom stereocenters. The lowest BCUT2D eigenvalue weighted by molar-refractivity contribution is 0.102. The van der Waals surface area contributed by atoms with Crippen molar-refractivity contribution in [2.45, 2.75) is 0 Å². The highest BCUT2D eigenvalue weighted by Gasteiger charge is 2.08. The zero-order valence-corrected chi connectivity index (χ0v) is 10.2. The van der Waals surface area contributed by atoms with Gasteiger partial charge < -0.3 is 20.2 Å². The molecule has 98 valence electrons. The van der Waals surface area contributed by atoms with Crippen LogP contribution in [0.5, 0.6) is 5.75 Å². The van der Waals surface area contributed by atoms with E-state index < -0.39 is 11.5 Å². The van der Waals surface area contributed by atoms with Gasteiger partial charge in [0.1, 0.15) is 12.0 Å². The van der Waals surface area contributed by atoms with Crippen molar-refractivity contribution in [3.05, 3.63) is 52.6 Å². The summed E-state index contributed by atoms with van der Waals surface area (Å²) in [6.07, 6.45) is 1.10. The third-order valence-corrected chi connectivity index (χ3v) is 2.45. The number of carbonyl (C=O) groups excluding carboxylic acids is 1. The van der Waals surface area contributed by atoms with Crippen LogP contribution in [0.25, 0.3) is 0 Å². The van der Waals surface area contributed by atoms with Crippen molar-refractivity contribution in [2.75, 3.05) is 18.2 Å². The van der Waals surface area contributed by atoms with Gasteiger partial charge in [-0.05, 0) is 24.3 Å². The molecule has 0 fully saturated rings. The third kappa shape index (κ3) is 2.92. The fourth-order valence-electron chi connectivity index (χ4n) is 1.50. The van der Waals surface area contributed by atoms with E-state index in [9.17, 15) is 9.59 Å². The van der Waals surface area contributed by atoms with E-state index in [-0.39, 0.29) is 5.56 Å². The van der Waals surface area contributed by atoms with Gasteiger partial charge in [-0.25, -0.2) is 4.79 Å². The van der Waals surface area contributed by atoms with Crippen LogP contribution in [0.1, 0.15) is 10.4 Å². The summed E-state index contributed by atoms with van der Waals surface area (Å²) in [6.45, 7) is 0. The zero-order chi connectivity index (χ0) is 13.8. The minimum absolute atomic E-state index is 0.244. The number of rotatable bonds is 3. The molecule has 0 saturated heterocycles. The van der Waals surface area contributed by atoms with E-state index in [0.29, 0.717) is 17.1 Å². The zero-order valence-electron chi connectivity index (χ0n) is 10.2. The lowest BCUT2D eigenvalue weighted by Crippen LogP contribution is -2.13. The molecule has 0 aliphatic carbocycles. The van der Waals surface area contributed by atoms with Gasteiger partial charge in [-0.1, -0.05) is 0 Å². The highest BCUT2D eigenvalue weighted by atomic mass is 16.5. The molecule has 19 heavy (non-hydrogen) atoms. The largest absolute Gasteiger partial charge is 0.495 e. The van der Waals surface area contributed by atoms with Crippen LogP contribution in [0.4, 0.5) is 11.4 Å². The Morgan fingerprint density at radius 3 is 2.68 bits per heavy atom. The first-order valence-corrected chi connectivity index (χ1v) is 5.44. The molecule has 1 amide bonds. The molecule has 0 spiro atoms. The third-order valence-electron chi connectivity index (χ3n) is 2.45. The number of hydrogen-bond donors (Lipinski definition) is 2. The topological polar surface area (TPSA) is 94.6 Å². The van der Waals surface area contributed by atoms with Gasteiger partial charge in [0.15, 0.2) is 0 Å². The summed E-state index contributed by atoms with van der Waals surface area (Å²) in [7, 11) is 1.51. The Bertz CT molecular complexity index is 643. The maximum atomic E-state index is 11.8. The van der Waals surface area contributed by atoms with Crippen LogP contribution in [0, 0.1) is 0 Å². The lowest BCUT2D eigenvalue weighted by atomic mass is 10.2. The van der Waals surface area contributed by atoms with Gasteiger partial charge in [0, 0.05) is 11.8 Å². The highest BCUT2D eigenvalue weighted by Crippen LogP contribution is 2.24. The Kier molecular flexibility index (Phi) is 3.51. The maximum Gasteiger partial charge on any atom is 0.335 e. The summed E-state index contributed by atoms with van der Waals surface area (Å²) in [5.74, 6) is 0.136. The molecule has 2 aromatic rings. The predicted molar refractivity (Wildman–Crippen MR) is 70.3 cm³/mol. The summed E-state index contributed by atoms with van der Waals surface area (Å²) in [5, 5.41) is 2.63. The SMILES string of the molecule is COc1ccc(NC(=O)c2ccc(=O)oc2)cc1N. The van der Waals surface area contributed by atoms with Crippen molar-refractivity contribution >= 4 is 17.3 Å². The van der Waals surface area contributed by atoms with Gasteiger partial charge in [0.2, 0.25) is 0 Å². The molecule has 1 heterocycles. The Morgan fingerprint density at radius 2 is 2.11 bits per heavy atom. The number of ether oxygens (including phenoxy) is 1. The molecule has 0 saturated carbocycles. The van der Waals surface area contributed by atoms with E-state index in [1.807, 2.05) is 0 Å². The fraction of sp³-hybridized carbons (Fsp3) is 0.0769. The first-order valence-electron chi connectivity index (χ1n) is 5.44. The van der Waals surface area contributed by atoms with E-state index in [4.69, 9.17) is 10.5 Å². The quantitative estimate of drug-likeness (QED) is 0.815. The molecular weight excluding hydrogens is 248 g/mol. The molecule has 1 aromatic heterocycles. The van der Waals surface area contributed by atoms with E-state index in [2.05, 4.69) is 9.73 Å². The second-order valence-corrected chi connectivity index (χ2v) is 3.75. The summed E-state index contributed by atoms with van der Waals surface area (Å²) >= 11 is 0. The van der Waals surface area contributed by atoms with Gasteiger partial charge in [-0.3, -0.25) is 4.79 Å². The van der Waals surface area contributed by atoms with Crippen molar-refractivity contribution in [2.24, 2.45) is 0 Å². The van der Waals surface area contributed by atoms with Crippen LogP contribution in [-0.2, 0) is 0 Å². The number of methoxy groups -OCH3 is 1. The lowest BCUT2D eigenvalue weighted by Gasteiger charge is -2.08. The Balaban J connectivity index is 2.17. The summed E-state index contributed by atoms with van der Waals surface area (Å²) in [5.41, 5.74) is 6.40. The normalized spacial score (nSPS) is 9.95. The van der Waals surface area contributed by atoms with E-state index >= 15 is 0 Å². The Labute approximate surface area is 108 Å². The molecule has 0 aliphatic heterocycles. The minimum atomic E-state index is -0.509. The number of amides is 1. The van der Waals surface area contributed by atoms with Crippen molar-refractivity contribution < 1.29 is 13.9 Å². The Hall–Kier alpha value is -2.76. The van der Waals surface area contributed by atoms with Crippen molar-refractivity contribution in [1.29, 1.82) is 0 Å². The fourth-order valence-corrected chi connectivity index (χ4v) is 1.50. The standard InChI is InChI=1S/C13H12N2O4/c1-18-11-4-3-9(6-10(11)14)15-13(17)8-2-5-12(16)19-7-8/h2-7H,14H2,1H3,(H,15,17). The average Bonchev–Trinajstić information content (AvgIpc) is 2.39. The highest BCUT2D eigenvalue weighted by molar-refractivity contribution is 6.04. The van der Waals surface area contributed by atoms with Gasteiger partial charge >= 0.3 is 5.63 Å². The van der Waals surface area contributed by atoms with Gasteiger partial charge in [0.05, 0.1) is 18.4 Å². The number of carbonyl (C=O) groups is 1. The first-order chi connectivity index (χ1) is 9.10. The van der Waals surface area contributed by atoms with Crippen LogP contribution in [0.2, 0.25) is 0 Å². The maximum absolute atomic E-state index is 11.8. The van der Waals surface area contributed by atoms with Crippen LogP contribution >= 0.6 is 0 Å². The number of benzene rings is 1. The van der Waals surface area contributed by atoms with Gasteiger partial charge in [-0.15, -0.1) is 0 Å². The van der Waals surface area contributed by atoms with Gasteiger partial charge in [-0.2, -0.15) is 0 Å². The smallest absolute Gasteiger partial charge is 0.335 e. The van der Waals surface area contributed by atoms with Crippen LogP contribution in [0.15, 0.2) is 45.8 Å². The second-order valence-electron chi connectivity index (χ2n) is 3.75.